The lowest BCUT2D eigenvalue weighted by Crippen LogP contribution is -2.28. The van der Waals surface area contributed by atoms with Gasteiger partial charge in [0.1, 0.15) is 5.76 Å². The number of ketones is 1. The number of aliphatic hydroxyl groups excluding tert-OH is 1. The van der Waals surface area contributed by atoms with Gasteiger partial charge in [0, 0.05) is 10.4 Å². The van der Waals surface area contributed by atoms with Gasteiger partial charge in [-0.1, -0.05) is 59.6 Å². The summed E-state index contributed by atoms with van der Waals surface area (Å²) >= 11 is 13.6. The second kappa shape index (κ2) is 8.03. The van der Waals surface area contributed by atoms with Gasteiger partial charge in [0.2, 0.25) is 0 Å². The van der Waals surface area contributed by atoms with Gasteiger partial charge < -0.3 is 10.0 Å². The highest BCUT2D eigenvalue weighted by Crippen LogP contribution is 2.41. The molecule has 4 nitrogen and oxygen atoms in total. The van der Waals surface area contributed by atoms with Gasteiger partial charge in [0.25, 0.3) is 11.7 Å². The number of rotatable bonds is 4. The molecular formula is C22H15Cl2NO3S. The van der Waals surface area contributed by atoms with E-state index >= 15 is 0 Å². The fourth-order valence-electron chi connectivity index (χ4n) is 3.39. The highest BCUT2D eigenvalue weighted by atomic mass is 35.5. The standard InChI is InChI=1S/C22H15Cl2NO3S/c23-16-9-8-14(11-17(16)24)20(26)18-19(13-5-2-1-3-6-13)25(22(28)21(18)27)12-15-7-4-10-29-15/h1-11,19,26H,12H2/b20-18-. The van der Waals surface area contributed by atoms with Crippen molar-refractivity contribution in [3.05, 3.63) is 97.7 Å². The minimum atomic E-state index is -0.723. The topological polar surface area (TPSA) is 57.6 Å². The van der Waals surface area contributed by atoms with Crippen LogP contribution in [0.1, 0.15) is 22.0 Å². The molecule has 3 aromatic rings. The first-order valence-electron chi connectivity index (χ1n) is 8.78. The summed E-state index contributed by atoms with van der Waals surface area (Å²) < 4.78 is 0. The largest absolute Gasteiger partial charge is 0.507 e. The summed E-state index contributed by atoms with van der Waals surface area (Å²) in [6.07, 6.45) is 0. The average molecular weight is 444 g/mol. The molecule has 1 unspecified atom stereocenters. The minimum Gasteiger partial charge on any atom is -0.507 e. The van der Waals surface area contributed by atoms with E-state index in [0.717, 1.165) is 10.4 Å². The number of amides is 1. The van der Waals surface area contributed by atoms with E-state index < -0.39 is 17.7 Å². The molecule has 0 radical (unpaired) electrons. The van der Waals surface area contributed by atoms with Gasteiger partial charge in [-0.25, -0.2) is 0 Å². The summed E-state index contributed by atoms with van der Waals surface area (Å²) in [6, 6.07) is 16.9. The molecule has 1 aliphatic rings. The highest BCUT2D eigenvalue weighted by Gasteiger charge is 2.46. The lowest BCUT2D eigenvalue weighted by molar-refractivity contribution is -0.140. The molecule has 0 bridgehead atoms. The lowest BCUT2D eigenvalue weighted by atomic mass is 9.95. The molecule has 1 N–H and O–H groups in total. The Hall–Kier alpha value is -2.60. The van der Waals surface area contributed by atoms with Gasteiger partial charge in [0.15, 0.2) is 0 Å². The van der Waals surface area contributed by atoms with Crippen LogP contribution in [0.25, 0.3) is 5.76 Å². The van der Waals surface area contributed by atoms with Crippen molar-refractivity contribution in [3.8, 4) is 0 Å². The lowest BCUT2D eigenvalue weighted by Gasteiger charge is -2.24. The number of carbonyl (C=O) groups excluding carboxylic acids is 2. The van der Waals surface area contributed by atoms with E-state index in [-0.39, 0.29) is 22.9 Å². The fourth-order valence-corrected chi connectivity index (χ4v) is 4.40. The monoisotopic (exact) mass is 443 g/mol. The predicted octanol–water partition coefficient (Wildman–Crippen LogP) is 5.68. The third-order valence-electron chi connectivity index (χ3n) is 4.75. The summed E-state index contributed by atoms with van der Waals surface area (Å²) in [4.78, 5) is 28.2. The average Bonchev–Trinajstić information content (AvgIpc) is 3.32. The molecular weight excluding hydrogens is 429 g/mol. The molecule has 0 saturated carbocycles. The van der Waals surface area contributed by atoms with Crippen molar-refractivity contribution in [2.75, 3.05) is 0 Å². The Morgan fingerprint density at radius 1 is 1.00 bits per heavy atom. The number of likely N-dealkylation sites (tertiary alicyclic amines) is 1. The maximum absolute atomic E-state index is 12.9. The van der Waals surface area contributed by atoms with Crippen LogP contribution in [0.2, 0.25) is 10.0 Å². The Kier molecular flexibility index (Phi) is 5.46. The van der Waals surface area contributed by atoms with Gasteiger partial charge >= 0.3 is 0 Å². The molecule has 1 amide bonds. The summed E-state index contributed by atoms with van der Waals surface area (Å²) in [6.45, 7) is 0.278. The normalized spacial score (nSPS) is 18.4. The van der Waals surface area contributed by atoms with Crippen LogP contribution in [0.4, 0.5) is 0 Å². The third kappa shape index (κ3) is 3.69. The van der Waals surface area contributed by atoms with E-state index in [1.165, 1.54) is 28.4 Å². The first-order chi connectivity index (χ1) is 14.0. The van der Waals surface area contributed by atoms with Crippen molar-refractivity contribution in [2.24, 2.45) is 0 Å². The molecule has 1 fully saturated rings. The van der Waals surface area contributed by atoms with E-state index in [2.05, 4.69) is 0 Å². The molecule has 0 spiro atoms. The third-order valence-corrected chi connectivity index (χ3v) is 6.35. The first-order valence-corrected chi connectivity index (χ1v) is 10.4. The highest BCUT2D eigenvalue weighted by molar-refractivity contribution is 7.09. The van der Waals surface area contributed by atoms with E-state index in [1.54, 1.807) is 6.07 Å². The Balaban J connectivity index is 1.87. The van der Waals surface area contributed by atoms with Gasteiger partial charge in [0.05, 0.1) is 28.2 Å². The maximum Gasteiger partial charge on any atom is 0.295 e. The molecule has 1 aliphatic heterocycles. The molecule has 1 aromatic heterocycles. The first kappa shape index (κ1) is 19.7. The van der Waals surface area contributed by atoms with E-state index in [4.69, 9.17) is 23.2 Å². The number of hydrogen-bond acceptors (Lipinski definition) is 4. The van der Waals surface area contributed by atoms with Crippen molar-refractivity contribution in [1.82, 2.24) is 4.90 Å². The molecule has 1 saturated heterocycles. The predicted molar refractivity (Wildman–Crippen MR) is 115 cm³/mol. The molecule has 146 valence electrons. The number of benzene rings is 2. The molecule has 0 aliphatic carbocycles. The number of hydrogen-bond donors (Lipinski definition) is 1. The van der Waals surface area contributed by atoms with Crippen LogP contribution in [0, 0.1) is 0 Å². The van der Waals surface area contributed by atoms with Crippen LogP contribution >= 0.6 is 34.5 Å². The molecule has 4 rings (SSSR count). The summed E-state index contributed by atoms with van der Waals surface area (Å²) in [7, 11) is 0. The van der Waals surface area contributed by atoms with Crippen LogP contribution in [-0.4, -0.2) is 21.7 Å². The second-order valence-corrected chi connectivity index (χ2v) is 8.39. The van der Waals surface area contributed by atoms with Gasteiger partial charge in [-0.3, -0.25) is 9.59 Å². The zero-order valence-corrected chi connectivity index (χ0v) is 17.3. The summed E-state index contributed by atoms with van der Waals surface area (Å²) in [5.41, 5.74) is 1.11. The molecule has 1 atom stereocenters. The Bertz CT molecular complexity index is 1110. The number of thiophene rings is 1. The summed E-state index contributed by atoms with van der Waals surface area (Å²) in [5.74, 6) is -1.64. The number of aliphatic hydroxyl groups is 1. The minimum absolute atomic E-state index is 0.0381. The van der Waals surface area contributed by atoms with Crippen LogP contribution < -0.4 is 0 Å². The van der Waals surface area contributed by atoms with E-state index in [0.29, 0.717) is 10.6 Å². The zero-order valence-electron chi connectivity index (χ0n) is 15.0. The van der Waals surface area contributed by atoms with Gasteiger partial charge in [-0.15, -0.1) is 11.3 Å². The smallest absolute Gasteiger partial charge is 0.295 e. The quantitative estimate of drug-likeness (QED) is 0.320. The van der Waals surface area contributed by atoms with Crippen LogP contribution in [0.5, 0.6) is 0 Å². The Morgan fingerprint density at radius 2 is 1.76 bits per heavy atom. The maximum atomic E-state index is 12.9. The molecule has 7 heteroatoms. The second-order valence-electron chi connectivity index (χ2n) is 6.55. The number of nitrogens with zero attached hydrogens (tertiary/aromatic N) is 1. The van der Waals surface area contributed by atoms with E-state index in [9.17, 15) is 14.7 Å². The fraction of sp³-hybridized carbons (Fsp3) is 0.0909. The van der Waals surface area contributed by atoms with Crippen LogP contribution in [0.3, 0.4) is 0 Å². The van der Waals surface area contributed by atoms with Crippen molar-refractivity contribution in [3.63, 3.8) is 0 Å². The van der Waals surface area contributed by atoms with Crippen LogP contribution in [-0.2, 0) is 16.1 Å². The Labute approximate surface area is 181 Å². The molecule has 29 heavy (non-hydrogen) atoms. The molecule has 2 heterocycles. The van der Waals surface area contributed by atoms with Gasteiger partial charge in [-0.2, -0.15) is 0 Å². The zero-order chi connectivity index (χ0) is 20.5. The SMILES string of the molecule is O=C1C(=O)N(Cc2cccs2)C(c2ccccc2)/C1=C(/O)c1ccc(Cl)c(Cl)c1. The van der Waals surface area contributed by atoms with Crippen molar-refractivity contribution in [1.29, 1.82) is 0 Å². The Morgan fingerprint density at radius 3 is 2.41 bits per heavy atom. The number of halogens is 2. The van der Waals surface area contributed by atoms with Crippen LogP contribution in [0.15, 0.2) is 71.6 Å². The van der Waals surface area contributed by atoms with Gasteiger partial charge in [-0.05, 0) is 35.2 Å². The van der Waals surface area contributed by atoms with E-state index in [1.807, 2.05) is 47.8 Å². The van der Waals surface area contributed by atoms with Crippen molar-refractivity contribution >= 4 is 52.0 Å². The number of carbonyl (C=O) groups is 2. The van der Waals surface area contributed by atoms with Crippen molar-refractivity contribution in [2.45, 2.75) is 12.6 Å². The molecule has 2 aromatic carbocycles. The number of Topliss-reactive ketones (excluding diaryl/α,β-unsaturated/α-hetero) is 1. The van der Waals surface area contributed by atoms with Crippen molar-refractivity contribution < 1.29 is 14.7 Å². The summed E-state index contributed by atoms with van der Waals surface area (Å²) in [5, 5.41) is 13.5.